The summed E-state index contributed by atoms with van der Waals surface area (Å²) in [7, 11) is 0. The molecule has 0 aliphatic carbocycles. The molecule has 3 heterocycles. The van der Waals surface area contributed by atoms with Gasteiger partial charge in [-0.1, -0.05) is 91.2 Å². The Balaban J connectivity index is 0.946. The molecule has 3 aromatic heterocycles. The molecule has 7 aromatic rings. The Morgan fingerprint density at radius 3 is 2.06 bits per heavy atom. The topological polar surface area (TPSA) is 166 Å². The first-order chi connectivity index (χ1) is 32.2. The fraction of sp³-hybridized carbons (Fsp3) is 0.346. The van der Waals surface area contributed by atoms with Crippen LogP contribution in [-0.4, -0.2) is 71.4 Å². The normalized spacial score (nSPS) is 11.9. The molecule has 0 fully saturated rings. The number of aryl methyl sites for hydroxylation is 5. The van der Waals surface area contributed by atoms with Crippen molar-refractivity contribution in [3.8, 4) is 5.69 Å². The number of carbonyl (C=O) groups is 3. The van der Waals surface area contributed by atoms with Crippen molar-refractivity contribution in [2.24, 2.45) is 5.92 Å². The molecule has 0 unspecified atom stereocenters. The number of hydrogen-bond acceptors (Lipinski definition) is 8. The summed E-state index contributed by atoms with van der Waals surface area (Å²) in [5.41, 5.74) is 6.21. The van der Waals surface area contributed by atoms with Crippen molar-refractivity contribution in [3.05, 3.63) is 162 Å². The minimum absolute atomic E-state index is 0.164. The number of hydrogen-bond donors (Lipinski definition) is 2. The second-order valence-electron chi connectivity index (χ2n) is 17.5. The lowest BCUT2D eigenvalue weighted by atomic mass is 9.98. The van der Waals surface area contributed by atoms with Crippen molar-refractivity contribution in [1.29, 1.82) is 0 Å². The second kappa shape index (κ2) is 21.6. The molecule has 0 aliphatic rings. The van der Waals surface area contributed by atoms with Gasteiger partial charge < -0.3 is 15.5 Å². The first-order valence-corrected chi connectivity index (χ1v) is 23.3. The first kappa shape index (κ1) is 48.0. The van der Waals surface area contributed by atoms with Gasteiger partial charge in [0.1, 0.15) is 5.82 Å². The van der Waals surface area contributed by atoms with Gasteiger partial charge in [-0.05, 0) is 101 Å². The number of nitrogens with one attached hydrogen (secondary N) is 2. The van der Waals surface area contributed by atoms with E-state index >= 15 is 0 Å². The van der Waals surface area contributed by atoms with Crippen molar-refractivity contribution in [2.75, 3.05) is 19.6 Å². The molecular weight excluding hydrogens is 866 g/mol. The van der Waals surface area contributed by atoms with Crippen LogP contribution in [0.15, 0.2) is 107 Å². The zero-order chi connectivity index (χ0) is 47.8. The summed E-state index contributed by atoms with van der Waals surface area (Å²) in [5.74, 6) is -0.283. The fourth-order valence-corrected chi connectivity index (χ4v) is 8.64. The summed E-state index contributed by atoms with van der Waals surface area (Å²) in [4.78, 5) is 74.8. The average Bonchev–Trinajstić information content (AvgIpc) is 3.66. The maximum atomic E-state index is 14.5. The van der Waals surface area contributed by atoms with Gasteiger partial charge in [0.15, 0.2) is 5.52 Å². The maximum absolute atomic E-state index is 14.5. The lowest BCUT2D eigenvalue weighted by Crippen LogP contribution is -2.42. The van der Waals surface area contributed by atoms with E-state index in [1.54, 1.807) is 44.5 Å². The van der Waals surface area contributed by atoms with E-state index in [1.807, 2.05) is 108 Å². The van der Waals surface area contributed by atoms with Crippen LogP contribution in [0.4, 0.5) is 0 Å². The van der Waals surface area contributed by atoms with Crippen LogP contribution in [0, 0.1) is 33.6 Å². The molecule has 0 radical (unpaired) electrons. The zero-order valence-electron chi connectivity index (χ0n) is 39.0. The summed E-state index contributed by atoms with van der Waals surface area (Å²) in [6.07, 6.45) is 1.66. The standard InChI is InChI=1S/C52H58ClN9O5/c1-33(2)48(49-56-43-31-40(53)23-26-42(43)51(66)60(49)32-38-13-8-7-9-14-38)59(50(65)39-21-17-34(3)18-22-39)29-12-28-55-44(63)15-10-27-54-45(64)16-11-30-61-52(67)47-46(36(5)57-61)37(6)62(58-47)41-24-19-35(4)20-25-41/h7-9,13-14,17-26,31,33,48H,10-12,15-16,27-30,32H2,1-6H3,(H,54,64)(H,55,63)/t48-/m1/s1. The molecular formula is C52H58ClN9O5. The minimum atomic E-state index is -0.614. The van der Waals surface area contributed by atoms with Crippen LogP contribution >= 0.6 is 11.6 Å². The molecule has 7 rings (SSSR count). The van der Waals surface area contributed by atoms with E-state index in [0.717, 1.165) is 33.5 Å². The predicted molar refractivity (Wildman–Crippen MR) is 263 cm³/mol. The van der Waals surface area contributed by atoms with Gasteiger partial charge >= 0.3 is 0 Å². The van der Waals surface area contributed by atoms with E-state index in [-0.39, 0.29) is 67.2 Å². The van der Waals surface area contributed by atoms with Crippen LogP contribution in [0.5, 0.6) is 0 Å². The molecule has 67 heavy (non-hydrogen) atoms. The monoisotopic (exact) mass is 923 g/mol. The highest BCUT2D eigenvalue weighted by atomic mass is 35.5. The largest absolute Gasteiger partial charge is 0.356 e. The zero-order valence-corrected chi connectivity index (χ0v) is 39.8. The van der Waals surface area contributed by atoms with E-state index in [1.165, 1.54) is 4.68 Å². The van der Waals surface area contributed by atoms with E-state index in [9.17, 15) is 24.0 Å². The number of benzene rings is 4. The number of carbonyl (C=O) groups excluding carboxylic acids is 3. The molecule has 0 spiro atoms. The minimum Gasteiger partial charge on any atom is -0.356 e. The van der Waals surface area contributed by atoms with Crippen LogP contribution in [-0.2, 0) is 22.7 Å². The highest BCUT2D eigenvalue weighted by molar-refractivity contribution is 6.31. The Morgan fingerprint density at radius 1 is 0.746 bits per heavy atom. The number of nitrogens with zero attached hydrogens (tertiary/aromatic N) is 7. The molecule has 0 saturated heterocycles. The van der Waals surface area contributed by atoms with Gasteiger partial charge in [0.25, 0.3) is 17.0 Å². The predicted octanol–water partition coefficient (Wildman–Crippen LogP) is 7.95. The quantitative estimate of drug-likeness (QED) is 0.0772. The van der Waals surface area contributed by atoms with Crippen LogP contribution in [0.3, 0.4) is 0 Å². The highest BCUT2D eigenvalue weighted by Crippen LogP contribution is 2.31. The van der Waals surface area contributed by atoms with Gasteiger partial charge in [0, 0.05) is 49.6 Å². The van der Waals surface area contributed by atoms with Gasteiger partial charge in [-0.25, -0.2) is 14.3 Å². The lowest BCUT2D eigenvalue weighted by Gasteiger charge is -2.35. The van der Waals surface area contributed by atoms with Crippen molar-refractivity contribution < 1.29 is 14.4 Å². The molecule has 4 aromatic carbocycles. The first-order valence-electron chi connectivity index (χ1n) is 22.9. The van der Waals surface area contributed by atoms with Gasteiger partial charge in [0.2, 0.25) is 11.8 Å². The lowest BCUT2D eigenvalue weighted by molar-refractivity contribution is -0.123. The van der Waals surface area contributed by atoms with Crippen molar-refractivity contribution in [1.82, 2.24) is 44.6 Å². The highest BCUT2D eigenvalue weighted by Gasteiger charge is 2.33. The molecule has 0 saturated carbocycles. The Kier molecular flexibility index (Phi) is 15.5. The number of aromatic nitrogens is 6. The summed E-state index contributed by atoms with van der Waals surface area (Å²) < 4.78 is 4.81. The summed E-state index contributed by atoms with van der Waals surface area (Å²) >= 11 is 6.40. The maximum Gasteiger partial charge on any atom is 0.295 e. The number of rotatable bonds is 19. The second-order valence-corrected chi connectivity index (χ2v) is 17.9. The molecule has 1 atom stereocenters. The van der Waals surface area contributed by atoms with E-state index < -0.39 is 6.04 Å². The Labute approximate surface area is 395 Å². The Hall–Kier alpha value is -6.93. The van der Waals surface area contributed by atoms with Crippen molar-refractivity contribution in [3.63, 3.8) is 0 Å². The number of fused-ring (bicyclic) bond motifs is 2. The number of amides is 3. The molecule has 0 aliphatic heterocycles. The summed E-state index contributed by atoms with van der Waals surface area (Å²) in [6, 6.07) is 29.4. The molecule has 15 heteroatoms. The van der Waals surface area contributed by atoms with Gasteiger partial charge in [-0.15, -0.1) is 0 Å². The molecule has 2 N–H and O–H groups in total. The van der Waals surface area contributed by atoms with Crippen LogP contribution < -0.4 is 21.8 Å². The smallest absolute Gasteiger partial charge is 0.295 e. The summed E-state index contributed by atoms with van der Waals surface area (Å²) in [6.45, 7) is 13.2. The van der Waals surface area contributed by atoms with Crippen LogP contribution in [0.25, 0.3) is 27.5 Å². The van der Waals surface area contributed by atoms with Gasteiger partial charge in [-0.3, -0.25) is 28.5 Å². The SMILES string of the molecule is Cc1ccc(C(=O)N(CCCNC(=O)CCCNC(=O)CCCn2nc(C)c3c(C)n(-c4ccc(C)cc4)nc3c2=O)[C@@H](c2nc3cc(Cl)ccc3c(=O)n2Cc2ccccc2)C(C)C)cc1. The van der Waals surface area contributed by atoms with Crippen molar-refractivity contribution >= 4 is 51.1 Å². The third-order valence-corrected chi connectivity index (χ3v) is 12.2. The number of halogens is 1. The average molecular weight is 925 g/mol. The van der Waals surface area contributed by atoms with Crippen LogP contribution in [0.2, 0.25) is 5.02 Å². The molecule has 14 nitrogen and oxygen atoms in total. The molecule has 0 bridgehead atoms. The third kappa shape index (κ3) is 11.4. The van der Waals surface area contributed by atoms with Gasteiger partial charge in [0.05, 0.1) is 46.0 Å². The molecule has 348 valence electrons. The van der Waals surface area contributed by atoms with E-state index in [4.69, 9.17) is 16.6 Å². The van der Waals surface area contributed by atoms with Gasteiger partial charge in [-0.2, -0.15) is 10.2 Å². The van der Waals surface area contributed by atoms with E-state index in [2.05, 4.69) is 20.8 Å². The van der Waals surface area contributed by atoms with Crippen molar-refractivity contribution in [2.45, 2.75) is 92.8 Å². The summed E-state index contributed by atoms with van der Waals surface area (Å²) in [5, 5.41) is 16.6. The third-order valence-electron chi connectivity index (χ3n) is 12.0. The van der Waals surface area contributed by atoms with Crippen LogP contribution in [0.1, 0.15) is 96.3 Å². The van der Waals surface area contributed by atoms with E-state index in [0.29, 0.717) is 70.9 Å². The Morgan fingerprint density at radius 2 is 1.39 bits per heavy atom. The molecule has 3 amide bonds. The fourth-order valence-electron chi connectivity index (χ4n) is 8.48. The Bertz CT molecular complexity index is 3020.